The molecule has 2 N–H and O–H groups in total. The predicted molar refractivity (Wildman–Crippen MR) is 106 cm³/mol. The van der Waals surface area contributed by atoms with E-state index in [4.69, 9.17) is 25.8 Å². The Morgan fingerprint density at radius 3 is 2.54 bits per heavy atom. The van der Waals surface area contributed by atoms with Gasteiger partial charge in [-0.15, -0.1) is 0 Å². The molecule has 0 heterocycles. The van der Waals surface area contributed by atoms with Crippen molar-refractivity contribution in [1.29, 1.82) is 5.26 Å². The Morgan fingerprint density at radius 2 is 1.93 bits per heavy atom. The van der Waals surface area contributed by atoms with Gasteiger partial charge in [0, 0.05) is 11.8 Å². The van der Waals surface area contributed by atoms with Gasteiger partial charge in [-0.3, -0.25) is 4.79 Å². The van der Waals surface area contributed by atoms with Crippen LogP contribution in [-0.4, -0.2) is 31.8 Å². The summed E-state index contributed by atoms with van der Waals surface area (Å²) in [5.41, 5.74) is 0.715. The molecule has 7 nitrogen and oxygen atoms in total. The van der Waals surface area contributed by atoms with Crippen LogP contribution >= 0.6 is 11.6 Å². The summed E-state index contributed by atoms with van der Waals surface area (Å²) >= 11 is 5.98. The molecule has 0 saturated heterocycles. The van der Waals surface area contributed by atoms with Gasteiger partial charge in [0.2, 0.25) is 0 Å². The number of nitrogens with zero attached hydrogens (tertiary/aromatic N) is 1. The van der Waals surface area contributed by atoms with Gasteiger partial charge in [0.1, 0.15) is 11.6 Å². The van der Waals surface area contributed by atoms with Crippen molar-refractivity contribution >= 4 is 29.3 Å². The van der Waals surface area contributed by atoms with Crippen molar-refractivity contribution in [3.8, 4) is 29.1 Å². The standard InChI is InChI=1S/C20H19ClN2O5/c1-4-28-18-9-12(8-15(21)19(18)24)7-13(11-22)20(25)23-14-5-6-16(26-2)17(10-14)27-3/h5-10,24H,4H2,1-3H3,(H,23,25)/b13-7+. The molecule has 0 fully saturated rings. The number of nitrogens with one attached hydrogen (secondary N) is 1. The molecule has 0 bridgehead atoms. The minimum Gasteiger partial charge on any atom is -0.503 e. The number of phenols is 1. The van der Waals surface area contributed by atoms with E-state index >= 15 is 0 Å². The van der Waals surface area contributed by atoms with Crippen molar-refractivity contribution in [1.82, 2.24) is 0 Å². The molecule has 8 heteroatoms. The van der Waals surface area contributed by atoms with E-state index in [0.29, 0.717) is 29.4 Å². The fourth-order valence-corrected chi connectivity index (χ4v) is 2.59. The van der Waals surface area contributed by atoms with E-state index in [1.54, 1.807) is 25.1 Å². The molecule has 0 aliphatic carbocycles. The lowest BCUT2D eigenvalue weighted by Gasteiger charge is -2.11. The van der Waals surface area contributed by atoms with E-state index in [-0.39, 0.29) is 22.1 Å². The predicted octanol–water partition coefficient (Wildman–Crippen LogP) is 4.01. The van der Waals surface area contributed by atoms with Gasteiger partial charge in [-0.2, -0.15) is 5.26 Å². The molecule has 1 amide bonds. The van der Waals surface area contributed by atoms with Crippen molar-refractivity contribution in [2.24, 2.45) is 0 Å². The third kappa shape index (κ3) is 4.87. The van der Waals surface area contributed by atoms with E-state index in [1.165, 1.54) is 32.4 Å². The minimum absolute atomic E-state index is 0.0507. The van der Waals surface area contributed by atoms with E-state index in [2.05, 4.69) is 5.32 Å². The number of ether oxygens (including phenoxy) is 3. The first-order valence-corrected chi connectivity index (χ1v) is 8.61. The Balaban J connectivity index is 2.30. The van der Waals surface area contributed by atoms with Crippen LogP contribution in [0, 0.1) is 11.3 Å². The first kappa shape index (κ1) is 20.9. The number of nitriles is 1. The second kappa shape index (κ2) is 9.53. The van der Waals surface area contributed by atoms with Crippen LogP contribution in [-0.2, 0) is 4.79 Å². The van der Waals surface area contributed by atoms with E-state index < -0.39 is 5.91 Å². The number of hydrogen-bond acceptors (Lipinski definition) is 6. The number of hydrogen-bond donors (Lipinski definition) is 2. The SMILES string of the molecule is CCOc1cc(/C=C(\C#N)C(=O)Nc2ccc(OC)c(OC)c2)cc(Cl)c1O. The van der Waals surface area contributed by atoms with Gasteiger partial charge in [0.15, 0.2) is 23.0 Å². The molecular formula is C20H19ClN2O5. The Kier molecular flexibility index (Phi) is 7.13. The van der Waals surface area contributed by atoms with Gasteiger partial charge in [0.25, 0.3) is 5.91 Å². The highest BCUT2D eigenvalue weighted by Crippen LogP contribution is 2.36. The van der Waals surface area contributed by atoms with Crippen molar-refractivity contribution in [3.05, 3.63) is 46.5 Å². The number of aromatic hydroxyl groups is 1. The summed E-state index contributed by atoms with van der Waals surface area (Å²) < 4.78 is 15.6. The Hall–Kier alpha value is -3.37. The number of anilines is 1. The lowest BCUT2D eigenvalue weighted by Crippen LogP contribution is -2.13. The summed E-state index contributed by atoms with van der Waals surface area (Å²) in [6.07, 6.45) is 1.35. The van der Waals surface area contributed by atoms with Crippen LogP contribution in [0.4, 0.5) is 5.69 Å². The zero-order valence-electron chi connectivity index (χ0n) is 15.6. The van der Waals surface area contributed by atoms with Crippen molar-refractivity contribution < 1.29 is 24.1 Å². The maximum atomic E-state index is 12.5. The number of amides is 1. The van der Waals surface area contributed by atoms with E-state index in [0.717, 1.165) is 0 Å². The zero-order valence-corrected chi connectivity index (χ0v) is 16.3. The number of benzene rings is 2. The van der Waals surface area contributed by atoms with Crippen LogP contribution in [0.1, 0.15) is 12.5 Å². The number of methoxy groups -OCH3 is 2. The summed E-state index contributed by atoms with van der Waals surface area (Å²) in [6, 6.07) is 9.62. The molecular weight excluding hydrogens is 384 g/mol. The molecule has 2 aromatic rings. The first-order chi connectivity index (χ1) is 13.4. The largest absolute Gasteiger partial charge is 0.503 e. The van der Waals surface area contributed by atoms with Crippen LogP contribution in [0.15, 0.2) is 35.9 Å². The van der Waals surface area contributed by atoms with Gasteiger partial charge in [0.05, 0.1) is 25.8 Å². The minimum atomic E-state index is -0.614. The fraction of sp³-hybridized carbons (Fsp3) is 0.200. The highest BCUT2D eigenvalue weighted by Gasteiger charge is 2.14. The summed E-state index contributed by atoms with van der Waals surface area (Å²) in [4.78, 5) is 12.5. The van der Waals surface area contributed by atoms with Gasteiger partial charge >= 0.3 is 0 Å². The van der Waals surface area contributed by atoms with E-state index in [1.807, 2.05) is 6.07 Å². The van der Waals surface area contributed by atoms with Gasteiger partial charge in [-0.05, 0) is 42.8 Å². The summed E-state index contributed by atoms with van der Waals surface area (Å²) in [6.45, 7) is 2.08. The Morgan fingerprint density at radius 1 is 1.21 bits per heavy atom. The molecule has 146 valence electrons. The average molecular weight is 403 g/mol. The van der Waals surface area contributed by atoms with Crippen LogP contribution in [0.3, 0.4) is 0 Å². The lowest BCUT2D eigenvalue weighted by molar-refractivity contribution is -0.112. The Labute approximate surface area is 167 Å². The highest BCUT2D eigenvalue weighted by molar-refractivity contribution is 6.32. The molecule has 2 rings (SSSR count). The quantitative estimate of drug-likeness (QED) is 0.536. The van der Waals surface area contributed by atoms with Gasteiger partial charge in [-0.25, -0.2) is 0 Å². The fourth-order valence-electron chi connectivity index (χ4n) is 2.37. The van der Waals surface area contributed by atoms with Crippen molar-refractivity contribution in [2.45, 2.75) is 6.92 Å². The molecule has 0 spiro atoms. The summed E-state index contributed by atoms with van der Waals surface area (Å²) in [7, 11) is 2.99. The number of phenolic OH excluding ortho intramolecular Hbond substituents is 1. The molecule has 0 unspecified atom stereocenters. The molecule has 2 aromatic carbocycles. The van der Waals surface area contributed by atoms with Crippen LogP contribution < -0.4 is 19.5 Å². The van der Waals surface area contributed by atoms with Crippen LogP contribution in [0.25, 0.3) is 6.08 Å². The van der Waals surface area contributed by atoms with Crippen molar-refractivity contribution in [2.75, 3.05) is 26.1 Å². The topological polar surface area (TPSA) is 101 Å². The smallest absolute Gasteiger partial charge is 0.266 e. The Bertz CT molecular complexity index is 950. The highest BCUT2D eigenvalue weighted by atomic mass is 35.5. The van der Waals surface area contributed by atoms with Gasteiger partial charge < -0.3 is 24.6 Å². The number of carbonyl (C=O) groups is 1. The number of carbonyl (C=O) groups excluding carboxylic acids is 1. The molecule has 0 aromatic heterocycles. The maximum absolute atomic E-state index is 12.5. The molecule has 0 aliphatic heterocycles. The monoisotopic (exact) mass is 402 g/mol. The molecule has 0 aliphatic rings. The van der Waals surface area contributed by atoms with Gasteiger partial charge in [-0.1, -0.05) is 11.6 Å². The molecule has 0 atom stereocenters. The van der Waals surface area contributed by atoms with Crippen molar-refractivity contribution in [3.63, 3.8) is 0 Å². The number of rotatable bonds is 7. The third-order valence-electron chi connectivity index (χ3n) is 3.67. The third-order valence-corrected chi connectivity index (χ3v) is 3.96. The molecule has 0 radical (unpaired) electrons. The average Bonchev–Trinajstić information content (AvgIpc) is 2.69. The first-order valence-electron chi connectivity index (χ1n) is 8.24. The van der Waals surface area contributed by atoms with Crippen LogP contribution in [0.5, 0.6) is 23.0 Å². The molecule has 28 heavy (non-hydrogen) atoms. The molecule has 0 saturated carbocycles. The second-order valence-electron chi connectivity index (χ2n) is 5.48. The van der Waals surface area contributed by atoms with Crippen LogP contribution in [0.2, 0.25) is 5.02 Å². The second-order valence-corrected chi connectivity index (χ2v) is 5.88. The number of halogens is 1. The van der Waals surface area contributed by atoms with E-state index in [9.17, 15) is 15.2 Å². The lowest BCUT2D eigenvalue weighted by atomic mass is 10.1. The normalized spacial score (nSPS) is 10.8. The summed E-state index contributed by atoms with van der Waals surface area (Å²) in [5, 5.41) is 22.0. The zero-order chi connectivity index (χ0) is 20.7. The maximum Gasteiger partial charge on any atom is 0.266 e. The summed E-state index contributed by atoms with van der Waals surface area (Å²) in [5.74, 6) is 0.304.